The fourth-order valence-corrected chi connectivity index (χ4v) is 0.850. The highest BCUT2D eigenvalue weighted by Crippen LogP contribution is 1.96. The second-order valence-corrected chi connectivity index (χ2v) is 2.51. The van der Waals surface area contributed by atoms with Gasteiger partial charge in [0.2, 0.25) is 0 Å². The molecule has 0 aliphatic heterocycles. The standard InChI is InChI=1S/C10H19N/c1-4-6-7-9-10(11-3)8-5-2/h7-9,11H,4-6H2,1-3H3/b9-7-,10-8+. The molecule has 1 N–H and O–H groups in total. The average Bonchev–Trinajstić information content (AvgIpc) is 2.03. The van der Waals surface area contributed by atoms with Crippen molar-refractivity contribution in [3.63, 3.8) is 0 Å². The summed E-state index contributed by atoms with van der Waals surface area (Å²) in [6.45, 7) is 4.33. The summed E-state index contributed by atoms with van der Waals surface area (Å²) in [5.74, 6) is 0. The summed E-state index contributed by atoms with van der Waals surface area (Å²) >= 11 is 0. The summed E-state index contributed by atoms with van der Waals surface area (Å²) in [4.78, 5) is 0. The molecule has 0 saturated heterocycles. The van der Waals surface area contributed by atoms with E-state index in [1.807, 2.05) is 7.05 Å². The van der Waals surface area contributed by atoms with E-state index < -0.39 is 0 Å². The van der Waals surface area contributed by atoms with Gasteiger partial charge in [0, 0.05) is 12.7 Å². The summed E-state index contributed by atoms with van der Waals surface area (Å²) in [5, 5.41) is 3.14. The van der Waals surface area contributed by atoms with Crippen LogP contribution < -0.4 is 5.32 Å². The van der Waals surface area contributed by atoms with Crippen molar-refractivity contribution in [1.29, 1.82) is 0 Å². The maximum atomic E-state index is 3.14. The van der Waals surface area contributed by atoms with Gasteiger partial charge in [0.1, 0.15) is 0 Å². The van der Waals surface area contributed by atoms with E-state index in [0.29, 0.717) is 0 Å². The molecule has 0 aromatic rings. The van der Waals surface area contributed by atoms with Gasteiger partial charge in [-0.3, -0.25) is 0 Å². The van der Waals surface area contributed by atoms with Gasteiger partial charge in [-0.05, 0) is 18.9 Å². The Bertz CT molecular complexity index is 134. The lowest BCUT2D eigenvalue weighted by Gasteiger charge is -1.98. The van der Waals surface area contributed by atoms with Crippen LogP contribution in [0.2, 0.25) is 0 Å². The van der Waals surface area contributed by atoms with E-state index in [1.54, 1.807) is 0 Å². The quantitative estimate of drug-likeness (QED) is 0.599. The fraction of sp³-hybridized carbons (Fsp3) is 0.600. The zero-order valence-corrected chi connectivity index (χ0v) is 7.85. The van der Waals surface area contributed by atoms with Gasteiger partial charge in [0.15, 0.2) is 0 Å². The lowest BCUT2D eigenvalue weighted by atomic mass is 10.2. The molecule has 11 heavy (non-hydrogen) atoms. The van der Waals surface area contributed by atoms with E-state index in [-0.39, 0.29) is 0 Å². The van der Waals surface area contributed by atoms with Crippen LogP contribution in [0.1, 0.15) is 33.1 Å². The Hall–Kier alpha value is -0.720. The molecule has 0 radical (unpaired) electrons. The van der Waals surface area contributed by atoms with Crippen LogP contribution in [0.3, 0.4) is 0 Å². The first-order valence-electron chi connectivity index (χ1n) is 4.39. The molecule has 0 amide bonds. The molecule has 0 saturated carbocycles. The van der Waals surface area contributed by atoms with Crippen molar-refractivity contribution in [2.75, 3.05) is 7.05 Å². The number of likely N-dealkylation sites (N-methyl/N-ethyl adjacent to an activating group) is 1. The first kappa shape index (κ1) is 10.3. The molecule has 0 rings (SSSR count). The first-order valence-corrected chi connectivity index (χ1v) is 4.39. The minimum Gasteiger partial charge on any atom is -0.388 e. The molecule has 0 unspecified atom stereocenters. The van der Waals surface area contributed by atoms with Crippen molar-refractivity contribution in [3.05, 3.63) is 23.9 Å². The van der Waals surface area contributed by atoms with Gasteiger partial charge in [0.05, 0.1) is 0 Å². The van der Waals surface area contributed by atoms with Gasteiger partial charge in [-0.2, -0.15) is 0 Å². The van der Waals surface area contributed by atoms with E-state index >= 15 is 0 Å². The predicted molar refractivity (Wildman–Crippen MR) is 51.5 cm³/mol. The van der Waals surface area contributed by atoms with Crippen LogP contribution in [0.4, 0.5) is 0 Å². The predicted octanol–water partition coefficient (Wildman–Crippen LogP) is 2.86. The molecule has 0 aliphatic carbocycles. The molecule has 0 fully saturated rings. The summed E-state index contributed by atoms with van der Waals surface area (Å²) < 4.78 is 0. The molecule has 1 nitrogen and oxygen atoms in total. The minimum absolute atomic E-state index is 1.09. The molecule has 0 atom stereocenters. The van der Waals surface area contributed by atoms with E-state index in [1.165, 1.54) is 18.5 Å². The molecule has 1 heteroatoms. The maximum Gasteiger partial charge on any atom is 0.0293 e. The van der Waals surface area contributed by atoms with E-state index in [9.17, 15) is 0 Å². The van der Waals surface area contributed by atoms with Gasteiger partial charge in [-0.1, -0.05) is 32.4 Å². The van der Waals surface area contributed by atoms with Crippen LogP contribution in [-0.4, -0.2) is 7.05 Å². The van der Waals surface area contributed by atoms with Crippen molar-refractivity contribution >= 4 is 0 Å². The average molecular weight is 153 g/mol. The number of allylic oxidation sites excluding steroid dienone is 3. The SMILES string of the molecule is CC/C=C(\C=C/CCC)NC. The lowest BCUT2D eigenvalue weighted by Crippen LogP contribution is -2.02. The zero-order valence-electron chi connectivity index (χ0n) is 7.85. The molecule has 0 spiro atoms. The fourth-order valence-electron chi connectivity index (χ4n) is 0.850. The number of hydrogen-bond donors (Lipinski definition) is 1. The van der Waals surface area contributed by atoms with Crippen molar-refractivity contribution in [2.24, 2.45) is 0 Å². The van der Waals surface area contributed by atoms with Crippen molar-refractivity contribution in [3.8, 4) is 0 Å². The molecular weight excluding hydrogens is 134 g/mol. The molecule has 0 aromatic heterocycles. The molecule has 0 aliphatic rings. The third kappa shape index (κ3) is 5.71. The topological polar surface area (TPSA) is 12.0 Å². The summed E-state index contributed by atoms with van der Waals surface area (Å²) in [6.07, 6.45) is 10.0. The van der Waals surface area contributed by atoms with Gasteiger partial charge >= 0.3 is 0 Å². The van der Waals surface area contributed by atoms with E-state index in [0.717, 1.165) is 6.42 Å². The van der Waals surface area contributed by atoms with Crippen LogP contribution in [-0.2, 0) is 0 Å². The smallest absolute Gasteiger partial charge is 0.0293 e. The lowest BCUT2D eigenvalue weighted by molar-refractivity contribution is 0.947. The molecule has 0 heterocycles. The third-order valence-corrected chi connectivity index (χ3v) is 1.47. The molecule has 0 aromatic carbocycles. The summed E-state index contributed by atoms with van der Waals surface area (Å²) in [7, 11) is 1.96. The second-order valence-electron chi connectivity index (χ2n) is 2.51. The van der Waals surface area contributed by atoms with Gasteiger partial charge in [-0.25, -0.2) is 0 Å². The van der Waals surface area contributed by atoms with Gasteiger partial charge in [0.25, 0.3) is 0 Å². The van der Waals surface area contributed by atoms with Crippen molar-refractivity contribution in [1.82, 2.24) is 5.32 Å². The Morgan fingerprint density at radius 3 is 2.55 bits per heavy atom. The van der Waals surface area contributed by atoms with Crippen molar-refractivity contribution in [2.45, 2.75) is 33.1 Å². The Balaban J connectivity index is 3.76. The summed E-state index contributed by atoms with van der Waals surface area (Å²) in [5.41, 5.74) is 1.22. The van der Waals surface area contributed by atoms with Gasteiger partial charge < -0.3 is 5.32 Å². The van der Waals surface area contributed by atoms with E-state index in [2.05, 4.69) is 37.4 Å². The Labute approximate surface area is 70.2 Å². The Morgan fingerprint density at radius 1 is 1.36 bits per heavy atom. The number of hydrogen-bond acceptors (Lipinski definition) is 1. The molecule has 64 valence electrons. The number of rotatable bonds is 5. The van der Waals surface area contributed by atoms with Gasteiger partial charge in [-0.15, -0.1) is 0 Å². The number of nitrogens with one attached hydrogen (secondary N) is 1. The minimum atomic E-state index is 1.09. The Morgan fingerprint density at radius 2 is 2.09 bits per heavy atom. The van der Waals surface area contributed by atoms with Crippen molar-refractivity contribution < 1.29 is 0 Å². The highest BCUT2D eigenvalue weighted by molar-refractivity contribution is 5.15. The second kappa shape index (κ2) is 7.39. The van der Waals surface area contributed by atoms with E-state index in [4.69, 9.17) is 0 Å². The highest BCUT2D eigenvalue weighted by Gasteiger charge is 1.82. The first-order chi connectivity index (χ1) is 5.35. The monoisotopic (exact) mass is 153 g/mol. The largest absolute Gasteiger partial charge is 0.388 e. The van der Waals surface area contributed by atoms with Crippen LogP contribution >= 0.6 is 0 Å². The molecular formula is C10H19N. The molecule has 0 bridgehead atoms. The normalized spacial score (nSPS) is 12.5. The Kier molecular flexibility index (Phi) is 6.90. The highest BCUT2D eigenvalue weighted by atomic mass is 14.8. The maximum absolute atomic E-state index is 3.14. The zero-order chi connectivity index (χ0) is 8.53. The van der Waals surface area contributed by atoms with Crippen LogP contribution in [0, 0.1) is 0 Å². The number of unbranched alkanes of at least 4 members (excludes halogenated alkanes) is 1. The van der Waals surface area contributed by atoms with Crippen LogP contribution in [0.15, 0.2) is 23.9 Å². The van der Waals surface area contributed by atoms with Crippen LogP contribution in [0.25, 0.3) is 0 Å². The summed E-state index contributed by atoms with van der Waals surface area (Å²) in [6, 6.07) is 0. The van der Waals surface area contributed by atoms with Crippen LogP contribution in [0.5, 0.6) is 0 Å². The third-order valence-electron chi connectivity index (χ3n) is 1.47.